The number of nitriles is 2. The number of hydrogen-bond donors (Lipinski definition) is 2. The van der Waals surface area contributed by atoms with Gasteiger partial charge in [0, 0.05) is 19.8 Å². The molecule has 0 bridgehead atoms. The quantitative estimate of drug-likeness (QED) is 0.865. The van der Waals surface area contributed by atoms with Gasteiger partial charge in [-0.2, -0.15) is 10.5 Å². The zero-order valence-corrected chi connectivity index (χ0v) is 12.6. The lowest BCUT2D eigenvalue weighted by atomic mass is 9.85. The van der Waals surface area contributed by atoms with Crippen molar-refractivity contribution in [3.8, 4) is 12.1 Å². The van der Waals surface area contributed by atoms with Gasteiger partial charge in [-0.15, -0.1) is 0 Å². The highest BCUT2D eigenvalue weighted by Crippen LogP contribution is 2.43. The van der Waals surface area contributed by atoms with E-state index < -0.39 is 5.92 Å². The highest BCUT2D eigenvalue weighted by Gasteiger charge is 2.31. The van der Waals surface area contributed by atoms with E-state index in [1.54, 1.807) is 0 Å². The fourth-order valence-electron chi connectivity index (χ4n) is 2.21. The maximum atomic E-state index is 9.39. The fourth-order valence-corrected chi connectivity index (χ4v) is 3.00. The minimum absolute atomic E-state index is 0.356. The molecule has 5 nitrogen and oxygen atoms in total. The Morgan fingerprint density at radius 2 is 1.67 bits per heavy atom. The summed E-state index contributed by atoms with van der Waals surface area (Å²) in [6.07, 6.45) is 0. The van der Waals surface area contributed by atoms with Gasteiger partial charge in [0.15, 0.2) is 0 Å². The number of rotatable bonds is 2. The Kier molecular flexibility index (Phi) is 4.11. The van der Waals surface area contributed by atoms with E-state index in [-0.39, 0.29) is 0 Å². The maximum Gasteiger partial charge on any atom is 0.0985 e. The lowest BCUT2D eigenvalue weighted by Crippen LogP contribution is -2.18. The molecule has 1 aromatic carbocycles. The predicted octanol–water partition coefficient (Wildman–Crippen LogP) is 1.97. The molecule has 0 aliphatic carbocycles. The molecule has 0 radical (unpaired) electrons. The lowest BCUT2D eigenvalue weighted by molar-refractivity contribution is 0.954. The summed E-state index contributed by atoms with van der Waals surface area (Å²) in [6, 6.07) is 11.9. The van der Waals surface area contributed by atoms with Crippen molar-refractivity contribution >= 4 is 17.4 Å². The van der Waals surface area contributed by atoms with E-state index in [9.17, 15) is 10.5 Å². The van der Waals surface area contributed by atoms with Gasteiger partial charge >= 0.3 is 0 Å². The van der Waals surface area contributed by atoms with E-state index in [1.165, 1.54) is 0 Å². The topological polar surface area (TPSA) is 103 Å². The molecule has 4 N–H and O–H groups in total. The molecule has 0 saturated carbocycles. The van der Waals surface area contributed by atoms with E-state index >= 15 is 0 Å². The van der Waals surface area contributed by atoms with Crippen molar-refractivity contribution in [2.75, 3.05) is 19.0 Å². The Balaban J connectivity index is 2.62. The second-order valence-electron chi connectivity index (χ2n) is 4.80. The van der Waals surface area contributed by atoms with Crippen LogP contribution < -0.4 is 16.4 Å². The second kappa shape index (κ2) is 5.82. The number of anilines is 1. The zero-order chi connectivity index (χ0) is 15.6. The van der Waals surface area contributed by atoms with Gasteiger partial charge in [-0.1, -0.05) is 23.9 Å². The summed E-state index contributed by atoms with van der Waals surface area (Å²) in [5.74, 6) is -0.499. The molecule has 6 heteroatoms. The van der Waals surface area contributed by atoms with Crippen LogP contribution in [0.1, 0.15) is 11.5 Å². The fraction of sp³-hybridized carbons (Fsp3) is 0.200. The van der Waals surface area contributed by atoms with Crippen LogP contribution in [0.15, 0.2) is 45.5 Å². The first-order valence-electron chi connectivity index (χ1n) is 6.24. The van der Waals surface area contributed by atoms with E-state index in [4.69, 9.17) is 11.5 Å². The van der Waals surface area contributed by atoms with Gasteiger partial charge in [0.25, 0.3) is 0 Å². The maximum absolute atomic E-state index is 9.39. The molecule has 106 valence electrons. The van der Waals surface area contributed by atoms with Gasteiger partial charge in [-0.3, -0.25) is 0 Å². The summed E-state index contributed by atoms with van der Waals surface area (Å²) < 4.78 is 0. The molecule has 0 fully saturated rings. The monoisotopic (exact) mass is 297 g/mol. The minimum atomic E-state index is -0.499. The van der Waals surface area contributed by atoms with E-state index in [0.717, 1.165) is 23.0 Å². The Hall–Kier alpha value is -2.57. The molecule has 1 aliphatic heterocycles. The van der Waals surface area contributed by atoms with Crippen LogP contribution in [0, 0.1) is 22.7 Å². The first kappa shape index (κ1) is 14.8. The number of allylic oxidation sites excluding steroid dienone is 2. The molecule has 1 aliphatic rings. The van der Waals surface area contributed by atoms with Crippen molar-refractivity contribution in [3.63, 3.8) is 0 Å². The molecule has 1 aromatic rings. The highest BCUT2D eigenvalue weighted by atomic mass is 32.2. The summed E-state index contributed by atoms with van der Waals surface area (Å²) in [7, 11) is 3.86. The summed E-state index contributed by atoms with van der Waals surface area (Å²) >= 11 is 1.07. The first-order valence-corrected chi connectivity index (χ1v) is 7.05. The molecule has 0 unspecified atom stereocenters. The van der Waals surface area contributed by atoms with Crippen LogP contribution in [0.2, 0.25) is 0 Å². The molecule has 0 spiro atoms. The van der Waals surface area contributed by atoms with Gasteiger partial charge in [0.2, 0.25) is 0 Å². The van der Waals surface area contributed by atoms with Gasteiger partial charge in [-0.25, -0.2) is 0 Å². The Morgan fingerprint density at radius 1 is 1.10 bits per heavy atom. The van der Waals surface area contributed by atoms with Crippen LogP contribution in [0.3, 0.4) is 0 Å². The van der Waals surface area contributed by atoms with E-state index in [2.05, 4.69) is 12.1 Å². The first-order chi connectivity index (χ1) is 9.99. The van der Waals surface area contributed by atoms with E-state index in [1.807, 2.05) is 43.3 Å². The van der Waals surface area contributed by atoms with Crippen molar-refractivity contribution in [2.24, 2.45) is 11.5 Å². The number of nitrogens with zero attached hydrogens (tertiary/aromatic N) is 3. The largest absolute Gasteiger partial charge is 0.392 e. The smallest absolute Gasteiger partial charge is 0.0985 e. The SMILES string of the molecule is CN(C)c1cccc(C2C(C#N)=C(N)SC(N)=C2C#N)c1. The second-order valence-corrected chi connectivity index (χ2v) is 5.89. The standard InChI is InChI=1S/C15H15N5S/c1-20(2)10-5-3-4-9(6-10)13-11(7-16)14(18)21-15(19)12(13)8-17/h3-6,13H,18-19H2,1-2H3. The summed E-state index contributed by atoms with van der Waals surface area (Å²) in [5, 5.41) is 19.5. The van der Waals surface area contributed by atoms with Crippen LogP contribution in [0.25, 0.3) is 0 Å². The molecule has 2 rings (SSSR count). The third kappa shape index (κ3) is 2.67. The van der Waals surface area contributed by atoms with Crippen molar-refractivity contribution in [1.82, 2.24) is 0 Å². The Labute approximate surface area is 128 Å². The lowest BCUT2D eigenvalue weighted by Gasteiger charge is -2.24. The normalized spacial score (nSPS) is 15.6. The molecule has 1 heterocycles. The molecule has 0 saturated heterocycles. The van der Waals surface area contributed by atoms with Crippen LogP contribution in [0.5, 0.6) is 0 Å². The number of hydrogen-bond acceptors (Lipinski definition) is 6. The summed E-state index contributed by atoms with van der Waals surface area (Å²) in [6.45, 7) is 0. The predicted molar refractivity (Wildman–Crippen MR) is 84.8 cm³/mol. The van der Waals surface area contributed by atoms with Crippen LogP contribution >= 0.6 is 11.8 Å². The van der Waals surface area contributed by atoms with Gasteiger partial charge < -0.3 is 16.4 Å². The zero-order valence-electron chi connectivity index (χ0n) is 11.8. The van der Waals surface area contributed by atoms with Crippen molar-refractivity contribution < 1.29 is 0 Å². The van der Waals surface area contributed by atoms with Crippen LogP contribution in [0.4, 0.5) is 5.69 Å². The van der Waals surface area contributed by atoms with Crippen LogP contribution in [-0.4, -0.2) is 14.1 Å². The average Bonchev–Trinajstić information content (AvgIpc) is 2.46. The molecular weight excluding hydrogens is 282 g/mol. The average molecular weight is 297 g/mol. The van der Waals surface area contributed by atoms with Crippen molar-refractivity contribution in [3.05, 3.63) is 51.0 Å². The Bertz CT molecular complexity index is 682. The number of thioether (sulfide) groups is 1. The molecule has 21 heavy (non-hydrogen) atoms. The van der Waals surface area contributed by atoms with Gasteiger partial charge in [0.05, 0.1) is 39.3 Å². The summed E-state index contributed by atoms with van der Waals surface area (Å²) in [5.41, 5.74) is 14.4. The van der Waals surface area contributed by atoms with Gasteiger partial charge in [-0.05, 0) is 17.7 Å². The Morgan fingerprint density at radius 3 is 2.14 bits per heavy atom. The van der Waals surface area contributed by atoms with E-state index in [0.29, 0.717) is 21.2 Å². The molecule has 0 aromatic heterocycles. The number of nitrogens with two attached hydrogens (primary N) is 2. The third-order valence-corrected chi connectivity index (χ3v) is 4.17. The van der Waals surface area contributed by atoms with Crippen LogP contribution in [-0.2, 0) is 0 Å². The van der Waals surface area contributed by atoms with Crippen molar-refractivity contribution in [1.29, 1.82) is 10.5 Å². The van der Waals surface area contributed by atoms with Crippen molar-refractivity contribution in [2.45, 2.75) is 5.92 Å². The highest BCUT2D eigenvalue weighted by molar-refractivity contribution is 8.06. The van der Waals surface area contributed by atoms with Gasteiger partial charge in [0.1, 0.15) is 0 Å². The molecule has 0 atom stereocenters. The molecular formula is C15H15N5S. The summed E-state index contributed by atoms with van der Waals surface area (Å²) in [4.78, 5) is 1.96. The number of benzene rings is 1. The molecule has 0 amide bonds. The third-order valence-electron chi connectivity index (χ3n) is 3.29. The minimum Gasteiger partial charge on any atom is -0.392 e.